The van der Waals surface area contributed by atoms with E-state index in [0.29, 0.717) is 36.6 Å². The molecule has 0 aromatic heterocycles. The van der Waals surface area contributed by atoms with Crippen LogP contribution >= 0.6 is 11.6 Å². The fourth-order valence-corrected chi connectivity index (χ4v) is 3.43. The first-order valence-corrected chi connectivity index (χ1v) is 8.90. The molecule has 7 nitrogen and oxygen atoms in total. The van der Waals surface area contributed by atoms with Gasteiger partial charge < -0.3 is 15.0 Å². The van der Waals surface area contributed by atoms with E-state index in [2.05, 4.69) is 5.32 Å². The molecule has 4 amide bonds. The molecule has 1 spiro atoms. The zero-order valence-corrected chi connectivity index (χ0v) is 15.8. The maximum absolute atomic E-state index is 13.0. The third-order valence-corrected chi connectivity index (χ3v) is 4.84. The van der Waals surface area contributed by atoms with Gasteiger partial charge in [-0.2, -0.15) is 0 Å². The van der Waals surface area contributed by atoms with E-state index in [4.69, 9.17) is 16.3 Å². The van der Waals surface area contributed by atoms with Crippen LogP contribution in [0.1, 0.15) is 33.6 Å². The number of piperidine rings is 1. The standard InChI is InChI=1S/C18H22ClN3O4/c1-17(2,3)26-16(25)21-10-8-18(9-11-21)14(23)22(15(24)20-18)13-7-5-4-6-12(13)19/h4-7H,8-11H2,1-3H3,(H,20,24). The summed E-state index contributed by atoms with van der Waals surface area (Å²) in [5.41, 5.74) is -1.22. The van der Waals surface area contributed by atoms with E-state index in [-0.39, 0.29) is 5.91 Å². The summed E-state index contributed by atoms with van der Waals surface area (Å²) in [5, 5.41) is 3.14. The molecule has 1 aromatic carbocycles. The second kappa shape index (κ2) is 6.46. The van der Waals surface area contributed by atoms with Gasteiger partial charge in [-0.05, 0) is 45.7 Å². The van der Waals surface area contributed by atoms with Crippen LogP contribution in [0.2, 0.25) is 5.02 Å². The van der Waals surface area contributed by atoms with Crippen LogP contribution in [0.5, 0.6) is 0 Å². The molecule has 0 aliphatic carbocycles. The van der Waals surface area contributed by atoms with Crippen molar-refractivity contribution in [3.63, 3.8) is 0 Å². The van der Waals surface area contributed by atoms with E-state index in [0.717, 1.165) is 4.90 Å². The van der Waals surface area contributed by atoms with Gasteiger partial charge in [0.1, 0.15) is 11.1 Å². The van der Waals surface area contributed by atoms with Gasteiger partial charge in [-0.1, -0.05) is 23.7 Å². The summed E-state index contributed by atoms with van der Waals surface area (Å²) in [5.74, 6) is -0.334. The quantitative estimate of drug-likeness (QED) is 0.760. The van der Waals surface area contributed by atoms with Crippen molar-refractivity contribution in [1.82, 2.24) is 10.2 Å². The molecule has 0 radical (unpaired) electrons. The minimum absolute atomic E-state index is 0.331. The first-order valence-electron chi connectivity index (χ1n) is 8.52. The first-order chi connectivity index (χ1) is 12.1. The number of hydrogen-bond acceptors (Lipinski definition) is 4. The molecule has 2 aliphatic rings. The van der Waals surface area contributed by atoms with Crippen LogP contribution in [-0.4, -0.2) is 47.2 Å². The monoisotopic (exact) mass is 379 g/mol. The molecule has 2 aliphatic heterocycles. The molecule has 0 atom stereocenters. The van der Waals surface area contributed by atoms with E-state index in [1.54, 1.807) is 49.9 Å². The van der Waals surface area contributed by atoms with Gasteiger partial charge in [-0.15, -0.1) is 0 Å². The molecule has 26 heavy (non-hydrogen) atoms. The molecule has 2 saturated heterocycles. The second-order valence-corrected chi connectivity index (χ2v) is 7.98. The lowest BCUT2D eigenvalue weighted by Gasteiger charge is -2.37. The molecule has 8 heteroatoms. The Morgan fingerprint density at radius 2 is 1.81 bits per heavy atom. The third-order valence-electron chi connectivity index (χ3n) is 4.52. The summed E-state index contributed by atoms with van der Waals surface area (Å²) in [6.45, 7) is 6.07. The largest absolute Gasteiger partial charge is 0.444 e. The van der Waals surface area contributed by atoms with E-state index < -0.39 is 23.3 Å². The molecular weight excluding hydrogens is 358 g/mol. The number of hydrogen-bond donors (Lipinski definition) is 1. The van der Waals surface area contributed by atoms with Crippen LogP contribution in [0, 0.1) is 0 Å². The Bertz CT molecular complexity index is 751. The van der Waals surface area contributed by atoms with Crippen LogP contribution in [0.4, 0.5) is 15.3 Å². The number of halogens is 1. The SMILES string of the molecule is CC(C)(C)OC(=O)N1CCC2(CC1)NC(=O)N(c1ccccc1Cl)C2=O. The lowest BCUT2D eigenvalue weighted by Crippen LogP contribution is -2.56. The van der Waals surface area contributed by atoms with Gasteiger partial charge in [0, 0.05) is 13.1 Å². The number of urea groups is 1. The van der Waals surface area contributed by atoms with Crippen LogP contribution in [0.3, 0.4) is 0 Å². The average Bonchev–Trinajstić information content (AvgIpc) is 2.78. The minimum atomic E-state index is -1.01. The summed E-state index contributed by atoms with van der Waals surface area (Å²) in [6.07, 6.45) is 0.252. The van der Waals surface area contributed by atoms with Crippen molar-refractivity contribution in [2.45, 2.75) is 44.8 Å². The number of anilines is 1. The Labute approximate surface area is 157 Å². The Hall–Kier alpha value is -2.28. The highest BCUT2D eigenvalue weighted by Gasteiger charge is 2.53. The van der Waals surface area contributed by atoms with Crippen molar-refractivity contribution in [3.8, 4) is 0 Å². The number of nitrogens with one attached hydrogen (secondary N) is 1. The lowest BCUT2D eigenvalue weighted by molar-refractivity contribution is -0.123. The molecule has 1 aromatic rings. The molecule has 2 fully saturated rings. The van der Waals surface area contributed by atoms with Gasteiger partial charge in [0.25, 0.3) is 5.91 Å². The minimum Gasteiger partial charge on any atom is -0.444 e. The number of imide groups is 1. The van der Waals surface area contributed by atoms with Gasteiger partial charge >= 0.3 is 12.1 Å². The van der Waals surface area contributed by atoms with Crippen molar-refractivity contribution in [1.29, 1.82) is 0 Å². The number of para-hydroxylation sites is 1. The van der Waals surface area contributed by atoms with Crippen LogP contribution in [0.25, 0.3) is 0 Å². The predicted octanol–water partition coefficient (Wildman–Crippen LogP) is 3.17. The van der Waals surface area contributed by atoms with Gasteiger partial charge in [0.2, 0.25) is 0 Å². The molecule has 2 heterocycles. The highest BCUT2D eigenvalue weighted by Crippen LogP contribution is 2.35. The van der Waals surface area contributed by atoms with Gasteiger partial charge in [0.15, 0.2) is 0 Å². The maximum Gasteiger partial charge on any atom is 0.410 e. The summed E-state index contributed by atoms with van der Waals surface area (Å²) in [4.78, 5) is 40.3. The average molecular weight is 380 g/mol. The molecule has 3 rings (SSSR count). The summed E-state index contributed by atoms with van der Waals surface area (Å²) in [6, 6.07) is 6.23. The number of carbonyl (C=O) groups is 3. The molecule has 0 saturated carbocycles. The topological polar surface area (TPSA) is 79.0 Å². The van der Waals surface area contributed by atoms with Crippen LogP contribution < -0.4 is 10.2 Å². The number of rotatable bonds is 1. The van der Waals surface area contributed by atoms with Crippen molar-refractivity contribution >= 4 is 35.3 Å². The number of ether oxygens (including phenoxy) is 1. The van der Waals surface area contributed by atoms with Gasteiger partial charge in [-0.3, -0.25) is 4.79 Å². The number of amides is 4. The van der Waals surface area contributed by atoms with Crippen molar-refractivity contribution in [2.75, 3.05) is 18.0 Å². The highest BCUT2D eigenvalue weighted by molar-refractivity contribution is 6.36. The first kappa shape index (κ1) is 18.5. The number of nitrogens with zero attached hydrogens (tertiary/aromatic N) is 2. The fraction of sp³-hybridized carbons (Fsp3) is 0.500. The summed E-state index contributed by atoms with van der Waals surface area (Å²) < 4.78 is 5.37. The van der Waals surface area contributed by atoms with E-state index >= 15 is 0 Å². The Morgan fingerprint density at radius 1 is 1.19 bits per heavy atom. The zero-order valence-electron chi connectivity index (χ0n) is 15.0. The normalized spacial score (nSPS) is 19.7. The fourth-order valence-electron chi connectivity index (χ4n) is 3.21. The molecule has 1 N–H and O–H groups in total. The van der Waals surface area contributed by atoms with Crippen LogP contribution in [-0.2, 0) is 9.53 Å². The smallest absolute Gasteiger partial charge is 0.410 e. The second-order valence-electron chi connectivity index (χ2n) is 7.57. The predicted molar refractivity (Wildman–Crippen MR) is 97.2 cm³/mol. The molecule has 0 bridgehead atoms. The third kappa shape index (κ3) is 3.35. The van der Waals surface area contributed by atoms with Crippen molar-refractivity contribution in [2.24, 2.45) is 0 Å². The highest BCUT2D eigenvalue weighted by atomic mass is 35.5. The Kier molecular flexibility index (Phi) is 4.60. The summed E-state index contributed by atoms with van der Waals surface area (Å²) in [7, 11) is 0. The lowest BCUT2D eigenvalue weighted by atomic mass is 9.87. The maximum atomic E-state index is 13.0. The number of benzene rings is 1. The number of likely N-dealkylation sites (tertiary alicyclic amines) is 1. The van der Waals surface area contributed by atoms with Crippen LogP contribution in [0.15, 0.2) is 24.3 Å². The van der Waals surface area contributed by atoms with E-state index in [1.165, 1.54) is 0 Å². The van der Waals surface area contributed by atoms with Crippen molar-refractivity contribution in [3.05, 3.63) is 29.3 Å². The van der Waals surface area contributed by atoms with E-state index in [1.807, 2.05) is 0 Å². The molecular formula is C18H22ClN3O4. The summed E-state index contributed by atoms with van der Waals surface area (Å²) >= 11 is 6.15. The molecule has 0 unspecified atom stereocenters. The number of carbonyl (C=O) groups excluding carboxylic acids is 3. The molecule has 140 valence electrons. The van der Waals surface area contributed by atoms with Gasteiger partial charge in [-0.25, -0.2) is 14.5 Å². The van der Waals surface area contributed by atoms with Gasteiger partial charge in [0.05, 0.1) is 10.7 Å². The Morgan fingerprint density at radius 3 is 2.38 bits per heavy atom. The van der Waals surface area contributed by atoms with E-state index in [9.17, 15) is 14.4 Å². The van der Waals surface area contributed by atoms with Crippen molar-refractivity contribution < 1.29 is 19.1 Å². The zero-order chi connectivity index (χ0) is 19.1. The Balaban J connectivity index is 1.73.